The summed E-state index contributed by atoms with van der Waals surface area (Å²) in [6, 6.07) is 4.45. The molecule has 1 aliphatic rings. The van der Waals surface area contributed by atoms with Gasteiger partial charge in [0.2, 0.25) is 5.91 Å². The quantitative estimate of drug-likeness (QED) is 0.737. The maximum Gasteiger partial charge on any atom is 0.319 e. The van der Waals surface area contributed by atoms with Crippen molar-refractivity contribution in [1.82, 2.24) is 15.1 Å². The standard InChI is InChI=1S/C23H36N4O5/c1-7-10-24-23(30)25-18-8-9-20-19(11-18)22(29)26(5)13-21(31-6)15(2)12-27(17(4)28)16(3)14-32-20/h8-9,11,15-16,21H,7,10,12-14H2,1-6H3,(H2,24,25,30)/t15-,16+,21+/m0/s1. The Hall–Kier alpha value is -2.81. The number of methoxy groups -OCH3 is 1. The topological polar surface area (TPSA) is 100 Å². The van der Waals surface area contributed by atoms with Gasteiger partial charge in [0.25, 0.3) is 5.91 Å². The molecule has 178 valence electrons. The zero-order valence-corrected chi connectivity index (χ0v) is 19.9. The van der Waals surface area contributed by atoms with Gasteiger partial charge in [0, 0.05) is 52.3 Å². The first-order valence-corrected chi connectivity index (χ1v) is 11.0. The van der Waals surface area contributed by atoms with E-state index >= 15 is 0 Å². The molecule has 2 N–H and O–H groups in total. The second-order valence-corrected chi connectivity index (χ2v) is 8.36. The van der Waals surface area contributed by atoms with E-state index < -0.39 is 0 Å². The average Bonchev–Trinajstić information content (AvgIpc) is 2.76. The number of likely N-dealkylation sites (N-methyl/N-ethyl adjacent to an activating group) is 1. The number of urea groups is 1. The van der Waals surface area contributed by atoms with Crippen molar-refractivity contribution in [1.29, 1.82) is 0 Å². The number of rotatable bonds is 4. The minimum absolute atomic E-state index is 0.00996. The highest BCUT2D eigenvalue weighted by Gasteiger charge is 2.29. The van der Waals surface area contributed by atoms with E-state index in [0.29, 0.717) is 36.6 Å². The molecular formula is C23H36N4O5. The number of hydrogen-bond donors (Lipinski definition) is 2. The number of nitrogens with one attached hydrogen (secondary N) is 2. The van der Waals surface area contributed by atoms with Crippen molar-refractivity contribution in [2.45, 2.75) is 46.3 Å². The molecule has 32 heavy (non-hydrogen) atoms. The molecule has 0 saturated heterocycles. The van der Waals surface area contributed by atoms with Crippen LogP contribution in [-0.4, -0.2) is 80.2 Å². The van der Waals surface area contributed by atoms with Crippen LogP contribution < -0.4 is 15.4 Å². The highest BCUT2D eigenvalue weighted by atomic mass is 16.5. The lowest BCUT2D eigenvalue weighted by Crippen LogP contribution is -2.48. The predicted octanol–water partition coefficient (Wildman–Crippen LogP) is 2.57. The number of fused-ring (bicyclic) bond motifs is 1. The molecule has 0 unspecified atom stereocenters. The largest absolute Gasteiger partial charge is 0.491 e. The fourth-order valence-electron chi connectivity index (χ4n) is 3.71. The van der Waals surface area contributed by atoms with Gasteiger partial charge in [-0.3, -0.25) is 9.59 Å². The molecule has 9 heteroatoms. The zero-order valence-electron chi connectivity index (χ0n) is 19.9. The second-order valence-electron chi connectivity index (χ2n) is 8.36. The number of carbonyl (C=O) groups excluding carboxylic acids is 3. The van der Waals surface area contributed by atoms with Crippen molar-refractivity contribution in [3.8, 4) is 5.75 Å². The molecule has 9 nitrogen and oxygen atoms in total. The molecule has 0 radical (unpaired) electrons. The average molecular weight is 449 g/mol. The van der Waals surface area contributed by atoms with Crippen LogP contribution in [0.15, 0.2) is 18.2 Å². The maximum atomic E-state index is 13.3. The van der Waals surface area contributed by atoms with E-state index in [4.69, 9.17) is 9.47 Å². The van der Waals surface area contributed by atoms with E-state index in [0.717, 1.165) is 6.42 Å². The van der Waals surface area contributed by atoms with Gasteiger partial charge in [0.05, 0.1) is 17.7 Å². The minimum atomic E-state index is -0.333. The fraction of sp³-hybridized carbons (Fsp3) is 0.609. The second kappa shape index (κ2) is 11.7. The van der Waals surface area contributed by atoms with Crippen molar-refractivity contribution in [3.63, 3.8) is 0 Å². The van der Waals surface area contributed by atoms with Crippen LogP contribution in [0.25, 0.3) is 0 Å². The van der Waals surface area contributed by atoms with Gasteiger partial charge >= 0.3 is 6.03 Å². The number of ether oxygens (including phenoxy) is 2. The molecular weight excluding hydrogens is 412 g/mol. The summed E-state index contributed by atoms with van der Waals surface area (Å²) in [5, 5.41) is 5.50. The van der Waals surface area contributed by atoms with Crippen LogP contribution in [0.1, 0.15) is 44.5 Å². The first kappa shape index (κ1) is 25.5. The Morgan fingerprint density at radius 2 is 1.97 bits per heavy atom. The molecule has 0 spiro atoms. The van der Waals surface area contributed by atoms with Gasteiger partial charge in [0.15, 0.2) is 0 Å². The summed E-state index contributed by atoms with van der Waals surface area (Å²) in [7, 11) is 3.32. The summed E-state index contributed by atoms with van der Waals surface area (Å²) in [5.41, 5.74) is 0.829. The molecule has 0 fully saturated rings. The summed E-state index contributed by atoms with van der Waals surface area (Å²) in [6.07, 6.45) is 0.575. The first-order valence-electron chi connectivity index (χ1n) is 11.0. The molecule has 1 aromatic carbocycles. The normalized spacial score (nSPS) is 22.2. The predicted molar refractivity (Wildman–Crippen MR) is 123 cm³/mol. The van der Waals surface area contributed by atoms with Crippen LogP contribution in [0, 0.1) is 5.92 Å². The number of anilines is 1. The first-order chi connectivity index (χ1) is 15.2. The molecule has 1 heterocycles. The van der Waals surface area contributed by atoms with Crippen LogP contribution in [-0.2, 0) is 9.53 Å². The molecule has 0 aromatic heterocycles. The Balaban J connectivity index is 2.38. The SMILES string of the molecule is CCCNC(=O)Nc1ccc2c(c1)C(=O)N(C)C[C@@H](OC)[C@@H](C)CN(C(C)=O)[C@H](C)CO2. The van der Waals surface area contributed by atoms with Crippen LogP contribution in [0.4, 0.5) is 10.5 Å². The molecule has 1 aliphatic heterocycles. The highest BCUT2D eigenvalue weighted by molar-refractivity contribution is 5.99. The van der Waals surface area contributed by atoms with E-state index in [-0.39, 0.29) is 42.5 Å². The Morgan fingerprint density at radius 1 is 1.25 bits per heavy atom. The van der Waals surface area contributed by atoms with E-state index in [1.54, 1.807) is 49.1 Å². The van der Waals surface area contributed by atoms with E-state index in [2.05, 4.69) is 10.6 Å². The number of hydrogen-bond acceptors (Lipinski definition) is 5. The van der Waals surface area contributed by atoms with Crippen LogP contribution in [0.2, 0.25) is 0 Å². The lowest BCUT2D eigenvalue weighted by molar-refractivity contribution is -0.133. The monoisotopic (exact) mass is 448 g/mol. The van der Waals surface area contributed by atoms with Crippen molar-refractivity contribution >= 4 is 23.5 Å². The minimum Gasteiger partial charge on any atom is -0.491 e. The van der Waals surface area contributed by atoms with Gasteiger partial charge in [-0.25, -0.2) is 4.79 Å². The molecule has 0 saturated carbocycles. The highest BCUT2D eigenvalue weighted by Crippen LogP contribution is 2.26. The molecule has 4 amide bonds. The van der Waals surface area contributed by atoms with Gasteiger partial charge in [-0.1, -0.05) is 13.8 Å². The number of carbonyl (C=O) groups is 3. The van der Waals surface area contributed by atoms with Crippen molar-refractivity contribution in [2.24, 2.45) is 5.92 Å². The van der Waals surface area contributed by atoms with Crippen LogP contribution in [0.3, 0.4) is 0 Å². The number of benzene rings is 1. The van der Waals surface area contributed by atoms with Gasteiger partial charge in [0.1, 0.15) is 12.4 Å². The Kier molecular flexibility index (Phi) is 9.31. The summed E-state index contributed by atoms with van der Waals surface area (Å²) < 4.78 is 11.6. The van der Waals surface area contributed by atoms with Crippen molar-refractivity contribution in [3.05, 3.63) is 23.8 Å². The summed E-state index contributed by atoms with van der Waals surface area (Å²) in [6.45, 7) is 9.09. The van der Waals surface area contributed by atoms with Gasteiger partial charge in [-0.05, 0) is 31.5 Å². The van der Waals surface area contributed by atoms with Gasteiger partial charge < -0.3 is 29.9 Å². The number of nitrogens with zero attached hydrogens (tertiary/aromatic N) is 2. The Morgan fingerprint density at radius 3 is 2.59 bits per heavy atom. The van der Waals surface area contributed by atoms with Crippen LogP contribution in [0.5, 0.6) is 5.75 Å². The molecule has 0 bridgehead atoms. The molecule has 2 rings (SSSR count). The van der Waals surface area contributed by atoms with Crippen LogP contribution >= 0.6 is 0 Å². The van der Waals surface area contributed by atoms with E-state index in [9.17, 15) is 14.4 Å². The zero-order chi connectivity index (χ0) is 23.8. The molecule has 0 aliphatic carbocycles. The number of amides is 4. The van der Waals surface area contributed by atoms with Crippen molar-refractivity contribution < 1.29 is 23.9 Å². The summed E-state index contributed by atoms with van der Waals surface area (Å²) in [4.78, 5) is 41.0. The maximum absolute atomic E-state index is 13.3. The van der Waals surface area contributed by atoms with E-state index in [1.165, 1.54) is 0 Å². The lowest BCUT2D eigenvalue weighted by Gasteiger charge is -2.35. The molecule has 3 atom stereocenters. The Bertz CT molecular complexity index is 816. The van der Waals surface area contributed by atoms with Crippen molar-refractivity contribution in [2.75, 3.05) is 45.7 Å². The third kappa shape index (κ3) is 6.59. The smallest absolute Gasteiger partial charge is 0.319 e. The Labute approximate surface area is 190 Å². The van der Waals surface area contributed by atoms with E-state index in [1.807, 2.05) is 20.8 Å². The third-order valence-electron chi connectivity index (χ3n) is 5.64. The lowest BCUT2D eigenvalue weighted by atomic mass is 10.0. The summed E-state index contributed by atoms with van der Waals surface area (Å²) >= 11 is 0. The van der Waals surface area contributed by atoms with Gasteiger partial charge in [-0.2, -0.15) is 0 Å². The third-order valence-corrected chi connectivity index (χ3v) is 5.64. The fourth-order valence-corrected chi connectivity index (χ4v) is 3.71. The summed E-state index contributed by atoms with van der Waals surface area (Å²) in [5.74, 6) is 0.140. The molecule has 1 aromatic rings. The van der Waals surface area contributed by atoms with Gasteiger partial charge in [-0.15, -0.1) is 0 Å².